The van der Waals surface area contributed by atoms with Crippen molar-refractivity contribution in [2.24, 2.45) is 0 Å². The molecule has 6 aromatic rings. The van der Waals surface area contributed by atoms with Gasteiger partial charge in [0.05, 0.1) is 15.9 Å². The van der Waals surface area contributed by atoms with Gasteiger partial charge < -0.3 is 4.57 Å². The van der Waals surface area contributed by atoms with E-state index in [-0.39, 0.29) is 5.41 Å². The first-order valence-electron chi connectivity index (χ1n) is 11.9. The Hall–Kier alpha value is -3.95. The van der Waals surface area contributed by atoms with Gasteiger partial charge in [0, 0.05) is 26.8 Å². The molecule has 35 heavy (non-hydrogen) atoms. The summed E-state index contributed by atoms with van der Waals surface area (Å²) < 4.78 is 2.39. The summed E-state index contributed by atoms with van der Waals surface area (Å²) in [5.41, 5.74) is 10.1. The number of nitrogens with zero attached hydrogens (tertiary/aromatic N) is 1. The standard InChI is InChI=1S/C32H23NOS/c1-32(2)27-9-5-3-7-23(27)24-14-12-21(18-28(24)32)33-29-10-6-4-8-25(29)26-17-20(11-15-30(26)33)31-16-13-22(19-34)35-31/h3-19H,1-2H3. The van der Waals surface area contributed by atoms with Gasteiger partial charge in [-0.1, -0.05) is 68.4 Å². The molecule has 0 saturated heterocycles. The molecular weight excluding hydrogens is 446 g/mol. The first-order chi connectivity index (χ1) is 17.1. The highest BCUT2D eigenvalue weighted by Gasteiger charge is 2.35. The lowest BCUT2D eigenvalue weighted by Crippen LogP contribution is -2.15. The number of carbonyl (C=O) groups excluding carboxylic acids is 1. The molecule has 2 aromatic heterocycles. The van der Waals surface area contributed by atoms with Gasteiger partial charge in [-0.05, 0) is 70.3 Å². The Kier molecular flexibility index (Phi) is 4.24. The average molecular weight is 470 g/mol. The number of thiophene rings is 1. The molecule has 0 amide bonds. The topological polar surface area (TPSA) is 22.0 Å². The van der Waals surface area contributed by atoms with Crippen molar-refractivity contribution in [1.29, 1.82) is 0 Å². The minimum absolute atomic E-state index is 0.0384. The zero-order valence-electron chi connectivity index (χ0n) is 19.6. The first kappa shape index (κ1) is 20.4. The maximum atomic E-state index is 11.2. The molecule has 2 nitrogen and oxygen atoms in total. The summed E-state index contributed by atoms with van der Waals surface area (Å²) in [7, 11) is 0. The summed E-state index contributed by atoms with van der Waals surface area (Å²) in [5, 5.41) is 2.46. The van der Waals surface area contributed by atoms with Crippen molar-refractivity contribution in [3.05, 3.63) is 113 Å². The van der Waals surface area contributed by atoms with Crippen LogP contribution in [-0.2, 0) is 5.41 Å². The Morgan fingerprint density at radius 2 is 1.49 bits per heavy atom. The van der Waals surface area contributed by atoms with Gasteiger partial charge in [-0.3, -0.25) is 4.79 Å². The second kappa shape index (κ2) is 7.27. The number of fused-ring (bicyclic) bond motifs is 6. The maximum absolute atomic E-state index is 11.2. The number of benzene rings is 4. The highest BCUT2D eigenvalue weighted by Crippen LogP contribution is 2.49. The van der Waals surface area contributed by atoms with E-state index in [4.69, 9.17) is 0 Å². The van der Waals surface area contributed by atoms with Gasteiger partial charge in [0.2, 0.25) is 0 Å². The van der Waals surface area contributed by atoms with Crippen LogP contribution in [0.3, 0.4) is 0 Å². The number of hydrogen-bond acceptors (Lipinski definition) is 2. The molecule has 0 fully saturated rings. The van der Waals surface area contributed by atoms with Gasteiger partial charge >= 0.3 is 0 Å². The van der Waals surface area contributed by atoms with Crippen molar-refractivity contribution in [2.75, 3.05) is 0 Å². The summed E-state index contributed by atoms with van der Waals surface area (Å²) in [6.45, 7) is 4.66. The lowest BCUT2D eigenvalue weighted by atomic mass is 9.82. The second-order valence-electron chi connectivity index (χ2n) is 9.80. The van der Waals surface area contributed by atoms with Gasteiger partial charge in [0.1, 0.15) is 0 Å². The normalized spacial score (nSPS) is 13.8. The molecule has 3 heteroatoms. The van der Waals surface area contributed by atoms with Crippen LogP contribution in [0, 0.1) is 0 Å². The van der Waals surface area contributed by atoms with E-state index in [0.717, 1.165) is 21.6 Å². The van der Waals surface area contributed by atoms with Crippen LogP contribution < -0.4 is 0 Å². The minimum atomic E-state index is -0.0384. The first-order valence-corrected chi connectivity index (χ1v) is 12.7. The molecule has 0 atom stereocenters. The van der Waals surface area contributed by atoms with Crippen LogP contribution in [0.1, 0.15) is 34.6 Å². The van der Waals surface area contributed by atoms with Crippen LogP contribution >= 0.6 is 11.3 Å². The molecule has 1 aliphatic carbocycles. The Balaban J connectivity index is 1.46. The van der Waals surface area contributed by atoms with Crippen LogP contribution in [0.4, 0.5) is 0 Å². The van der Waals surface area contributed by atoms with Crippen molar-refractivity contribution in [3.63, 3.8) is 0 Å². The van der Waals surface area contributed by atoms with Gasteiger partial charge in [-0.2, -0.15) is 0 Å². The van der Waals surface area contributed by atoms with E-state index in [1.54, 1.807) is 0 Å². The number of para-hydroxylation sites is 1. The molecule has 0 saturated carbocycles. The molecule has 0 aliphatic heterocycles. The van der Waals surface area contributed by atoms with Gasteiger partial charge in [0.15, 0.2) is 6.29 Å². The zero-order valence-corrected chi connectivity index (χ0v) is 20.4. The summed E-state index contributed by atoms with van der Waals surface area (Å²) in [4.78, 5) is 13.1. The molecule has 0 spiro atoms. The fourth-order valence-corrected chi connectivity index (χ4v) is 6.63. The van der Waals surface area contributed by atoms with E-state index < -0.39 is 0 Å². The van der Waals surface area contributed by atoms with Crippen LogP contribution in [0.25, 0.3) is 49.1 Å². The van der Waals surface area contributed by atoms with Crippen LogP contribution in [0.15, 0.2) is 97.1 Å². The molecule has 0 bridgehead atoms. The third kappa shape index (κ3) is 2.85. The lowest BCUT2D eigenvalue weighted by molar-refractivity contribution is 0.112. The highest BCUT2D eigenvalue weighted by molar-refractivity contribution is 7.17. The summed E-state index contributed by atoms with van der Waals surface area (Å²) in [5.74, 6) is 0. The number of aromatic nitrogens is 1. The van der Waals surface area contributed by atoms with Crippen molar-refractivity contribution >= 4 is 39.4 Å². The van der Waals surface area contributed by atoms with Crippen molar-refractivity contribution < 1.29 is 4.79 Å². The predicted octanol–water partition coefficient (Wildman–Crippen LogP) is 8.63. The summed E-state index contributed by atoms with van der Waals surface area (Å²) >= 11 is 1.54. The number of hydrogen-bond donors (Lipinski definition) is 0. The van der Waals surface area contributed by atoms with Crippen LogP contribution in [-0.4, -0.2) is 10.9 Å². The smallest absolute Gasteiger partial charge is 0.160 e. The maximum Gasteiger partial charge on any atom is 0.160 e. The van der Waals surface area contributed by atoms with E-state index in [1.807, 2.05) is 12.1 Å². The van der Waals surface area contributed by atoms with Crippen molar-refractivity contribution in [3.8, 4) is 27.3 Å². The molecule has 0 radical (unpaired) electrons. The number of aldehydes is 1. The number of rotatable bonds is 3. The summed E-state index contributed by atoms with van der Waals surface area (Å²) in [6, 6.07) is 34.9. The predicted molar refractivity (Wildman–Crippen MR) is 147 cm³/mol. The molecule has 168 valence electrons. The van der Waals surface area contributed by atoms with Crippen molar-refractivity contribution in [1.82, 2.24) is 4.57 Å². The van der Waals surface area contributed by atoms with E-state index in [1.165, 1.54) is 61.1 Å². The van der Waals surface area contributed by atoms with E-state index >= 15 is 0 Å². The van der Waals surface area contributed by atoms with Gasteiger partial charge in [0.25, 0.3) is 0 Å². The molecule has 1 aliphatic rings. The third-order valence-electron chi connectivity index (χ3n) is 7.53. The van der Waals surface area contributed by atoms with Gasteiger partial charge in [-0.15, -0.1) is 11.3 Å². The Bertz CT molecular complexity index is 1800. The van der Waals surface area contributed by atoms with E-state index in [0.29, 0.717) is 0 Å². The molecular formula is C32H23NOS. The zero-order chi connectivity index (χ0) is 23.7. The SMILES string of the molecule is CC1(C)c2ccccc2-c2ccc(-n3c4ccccc4c4cc(-c5ccc(C=O)s5)ccc43)cc21. The van der Waals surface area contributed by atoms with Crippen LogP contribution in [0.2, 0.25) is 0 Å². The minimum Gasteiger partial charge on any atom is -0.309 e. The Labute approximate surface area is 208 Å². The van der Waals surface area contributed by atoms with E-state index in [2.05, 4.69) is 103 Å². The second-order valence-corrected chi connectivity index (χ2v) is 10.9. The Morgan fingerprint density at radius 1 is 0.714 bits per heavy atom. The van der Waals surface area contributed by atoms with Crippen molar-refractivity contribution in [2.45, 2.75) is 19.3 Å². The molecule has 7 rings (SSSR count). The quantitative estimate of drug-likeness (QED) is 0.238. The fraction of sp³-hybridized carbons (Fsp3) is 0.0938. The average Bonchev–Trinajstić information content (AvgIpc) is 3.56. The fourth-order valence-electron chi connectivity index (χ4n) is 5.81. The monoisotopic (exact) mass is 469 g/mol. The largest absolute Gasteiger partial charge is 0.309 e. The van der Waals surface area contributed by atoms with E-state index in [9.17, 15) is 4.79 Å². The number of carbonyl (C=O) groups is 1. The summed E-state index contributed by atoms with van der Waals surface area (Å²) in [6.07, 6.45) is 0.923. The molecule has 4 aromatic carbocycles. The highest BCUT2D eigenvalue weighted by atomic mass is 32.1. The molecule has 0 unspecified atom stereocenters. The Morgan fingerprint density at radius 3 is 2.34 bits per heavy atom. The lowest BCUT2D eigenvalue weighted by Gasteiger charge is -2.22. The third-order valence-corrected chi connectivity index (χ3v) is 8.59. The van der Waals surface area contributed by atoms with Crippen LogP contribution in [0.5, 0.6) is 0 Å². The molecule has 2 heterocycles. The van der Waals surface area contributed by atoms with Gasteiger partial charge in [-0.25, -0.2) is 0 Å². The molecule has 0 N–H and O–H groups in total.